The van der Waals surface area contributed by atoms with Gasteiger partial charge in [-0.1, -0.05) is 61.5 Å². The highest BCUT2D eigenvalue weighted by Crippen LogP contribution is 2.34. The molecule has 1 aliphatic rings. The fraction of sp³-hybridized carbons (Fsp3) is 0.394. The zero-order valence-corrected chi connectivity index (χ0v) is 23.2. The second kappa shape index (κ2) is 13.2. The van der Waals surface area contributed by atoms with E-state index in [0.717, 1.165) is 53.8 Å². The number of carboxylic acid groups (broad SMARTS) is 1. The van der Waals surface area contributed by atoms with Crippen LogP contribution in [0.2, 0.25) is 0 Å². The fourth-order valence-corrected chi connectivity index (χ4v) is 5.23. The van der Waals surface area contributed by atoms with Crippen molar-refractivity contribution >= 4 is 16.7 Å². The van der Waals surface area contributed by atoms with Crippen molar-refractivity contribution < 1.29 is 28.5 Å². The Morgan fingerprint density at radius 2 is 1.73 bits per heavy atom. The third-order valence-corrected chi connectivity index (χ3v) is 7.43. The maximum atomic E-state index is 11.4. The van der Waals surface area contributed by atoms with Crippen molar-refractivity contribution in [1.82, 2.24) is 4.98 Å². The first-order chi connectivity index (χ1) is 19.5. The molecule has 40 heavy (non-hydrogen) atoms. The van der Waals surface area contributed by atoms with Crippen LogP contribution in [0.1, 0.15) is 50.5 Å². The van der Waals surface area contributed by atoms with E-state index < -0.39 is 12.1 Å². The third-order valence-electron chi connectivity index (χ3n) is 7.43. The zero-order valence-electron chi connectivity index (χ0n) is 23.2. The molecule has 0 radical (unpaired) electrons. The summed E-state index contributed by atoms with van der Waals surface area (Å²) < 4.78 is 23.7. The van der Waals surface area contributed by atoms with Crippen LogP contribution in [0.4, 0.5) is 0 Å². The van der Waals surface area contributed by atoms with Gasteiger partial charge < -0.3 is 23.7 Å². The van der Waals surface area contributed by atoms with Crippen molar-refractivity contribution in [2.45, 2.75) is 70.9 Å². The Hall–Kier alpha value is -3.52. The van der Waals surface area contributed by atoms with Gasteiger partial charge in [0, 0.05) is 12.2 Å². The predicted molar refractivity (Wildman–Crippen MR) is 154 cm³/mol. The largest absolute Gasteiger partial charge is 0.479 e. The Morgan fingerprint density at radius 1 is 1.00 bits per heavy atom. The highest BCUT2D eigenvalue weighted by molar-refractivity contribution is 5.90. The minimum atomic E-state index is -0.989. The highest BCUT2D eigenvalue weighted by Gasteiger charge is 2.27. The number of fused-ring (bicyclic) bond motifs is 1. The number of hydrogen-bond acceptors (Lipinski definition) is 6. The lowest BCUT2D eigenvalue weighted by atomic mass is 9.95. The van der Waals surface area contributed by atoms with Gasteiger partial charge in [-0.25, -0.2) is 9.78 Å². The Morgan fingerprint density at radius 3 is 2.50 bits per heavy atom. The first-order valence-corrected chi connectivity index (χ1v) is 14.1. The Kier molecular flexibility index (Phi) is 9.26. The van der Waals surface area contributed by atoms with Crippen molar-refractivity contribution in [3.05, 3.63) is 78.2 Å². The van der Waals surface area contributed by atoms with E-state index in [1.165, 1.54) is 10.8 Å². The standard InChI is InChI=1S/C33H37NO6/c1-3-17-37-31(33(35)36)21-39-27-12-8-11-26(19-27)38-20-30-22(2)40-32(34-30)29-14-7-6-13-28(29)25-16-15-23-9-4-5-10-24(23)18-25/h4-7,9-10,13-16,18,26-27,31H,3,8,11-12,17,19-21H2,1-2H3,(H,35,36)/t26-,27+,31?/m0/s1. The number of oxazole rings is 1. The summed E-state index contributed by atoms with van der Waals surface area (Å²) in [7, 11) is 0. The van der Waals surface area contributed by atoms with Crippen molar-refractivity contribution in [3.8, 4) is 22.6 Å². The van der Waals surface area contributed by atoms with Gasteiger partial charge >= 0.3 is 5.97 Å². The summed E-state index contributed by atoms with van der Waals surface area (Å²) in [4.78, 5) is 16.3. The SMILES string of the molecule is CCCOC(CO[C@@H]1CCC[C@H](OCc2nc(-c3ccccc3-c3ccc4ccccc4c3)oc2C)C1)C(=O)O. The first kappa shape index (κ1) is 28.0. The van der Waals surface area contributed by atoms with E-state index >= 15 is 0 Å². The van der Waals surface area contributed by atoms with E-state index in [4.69, 9.17) is 23.6 Å². The molecule has 5 rings (SSSR count). The molecule has 1 unspecified atom stereocenters. The van der Waals surface area contributed by atoms with Crippen LogP contribution >= 0.6 is 0 Å². The number of aliphatic carboxylic acids is 1. The highest BCUT2D eigenvalue weighted by atomic mass is 16.6. The molecule has 1 fully saturated rings. The normalized spacial score (nSPS) is 18.1. The van der Waals surface area contributed by atoms with E-state index in [1.807, 2.05) is 38.1 Å². The van der Waals surface area contributed by atoms with E-state index in [2.05, 4.69) is 42.5 Å². The summed E-state index contributed by atoms with van der Waals surface area (Å²) in [6.45, 7) is 4.68. The topological polar surface area (TPSA) is 91.0 Å². The van der Waals surface area contributed by atoms with Gasteiger partial charge in [-0.2, -0.15) is 0 Å². The number of carboxylic acids is 1. The summed E-state index contributed by atoms with van der Waals surface area (Å²) in [6, 6.07) is 23.0. The number of carbonyl (C=O) groups is 1. The molecule has 1 aliphatic carbocycles. The van der Waals surface area contributed by atoms with Crippen molar-refractivity contribution in [2.24, 2.45) is 0 Å². The van der Waals surface area contributed by atoms with Gasteiger partial charge in [-0.05, 0) is 73.1 Å². The van der Waals surface area contributed by atoms with Crippen LogP contribution < -0.4 is 0 Å². The average Bonchev–Trinajstić information content (AvgIpc) is 3.36. The van der Waals surface area contributed by atoms with Gasteiger partial charge in [0.25, 0.3) is 0 Å². The molecule has 0 bridgehead atoms. The van der Waals surface area contributed by atoms with Gasteiger partial charge in [0.15, 0.2) is 6.10 Å². The number of rotatable bonds is 12. The van der Waals surface area contributed by atoms with Crippen LogP contribution in [0.5, 0.6) is 0 Å². The second-order valence-electron chi connectivity index (χ2n) is 10.4. The molecule has 0 spiro atoms. The smallest absolute Gasteiger partial charge is 0.335 e. The maximum absolute atomic E-state index is 11.4. The molecule has 210 valence electrons. The van der Waals surface area contributed by atoms with Gasteiger partial charge in [-0.3, -0.25) is 0 Å². The molecule has 0 aliphatic heterocycles. The summed E-state index contributed by atoms with van der Waals surface area (Å²) in [5.41, 5.74) is 3.90. The monoisotopic (exact) mass is 543 g/mol. The van der Waals surface area contributed by atoms with Gasteiger partial charge in [0.2, 0.25) is 5.89 Å². The van der Waals surface area contributed by atoms with Crippen LogP contribution in [0, 0.1) is 6.92 Å². The van der Waals surface area contributed by atoms with Crippen LogP contribution in [0.15, 0.2) is 71.1 Å². The van der Waals surface area contributed by atoms with Gasteiger partial charge in [0.05, 0.1) is 25.4 Å². The van der Waals surface area contributed by atoms with E-state index in [1.54, 1.807) is 0 Å². The number of ether oxygens (including phenoxy) is 3. The van der Waals surface area contributed by atoms with Crippen LogP contribution in [0.3, 0.4) is 0 Å². The summed E-state index contributed by atoms with van der Waals surface area (Å²) >= 11 is 0. The molecule has 3 atom stereocenters. The Bertz CT molecular complexity index is 1430. The van der Waals surface area contributed by atoms with Crippen LogP contribution in [-0.2, 0) is 25.6 Å². The molecule has 1 saturated carbocycles. The molecular weight excluding hydrogens is 506 g/mol. The molecule has 1 heterocycles. The van der Waals surface area contributed by atoms with Crippen molar-refractivity contribution in [3.63, 3.8) is 0 Å². The minimum absolute atomic E-state index is 0.0167. The predicted octanol–water partition coefficient (Wildman–Crippen LogP) is 7.19. The van der Waals surface area contributed by atoms with E-state index in [9.17, 15) is 9.90 Å². The summed E-state index contributed by atoms with van der Waals surface area (Å²) in [5, 5.41) is 11.8. The fourth-order valence-electron chi connectivity index (χ4n) is 5.23. The van der Waals surface area contributed by atoms with E-state index in [0.29, 0.717) is 25.5 Å². The molecule has 1 N–H and O–H groups in total. The molecule has 4 aromatic rings. The lowest BCUT2D eigenvalue weighted by Crippen LogP contribution is -2.34. The van der Waals surface area contributed by atoms with Crippen molar-refractivity contribution in [1.29, 1.82) is 0 Å². The lowest BCUT2D eigenvalue weighted by Gasteiger charge is -2.29. The van der Waals surface area contributed by atoms with Gasteiger partial charge in [0.1, 0.15) is 11.5 Å². The molecule has 7 heteroatoms. The minimum Gasteiger partial charge on any atom is -0.479 e. The average molecular weight is 544 g/mol. The second-order valence-corrected chi connectivity index (χ2v) is 10.4. The molecule has 7 nitrogen and oxygen atoms in total. The van der Waals surface area contributed by atoms with Crippen LogP contribution in [-0.4, -0.2) is 47.6 Å². The number of nitrogens with zero attached hydrogens (tertiary/aromatic N) is 1. The van der Waals surface area contributed by atoms with Crippen LogP contribution in [0.25, 0.3) is 33.4 Å². The summed E-state index contributed by atoms with van der Waals surface area (Å²) in [6.07, 6.45) is 3.30. The first-order valence-electron chi connectivity index (χ1n) is 14.1. The maximum Gasteiger partial charge on any atom is 0.335 e. The molecule has 1 aromatic heterocycles. The molecule has 0 saturated heterocycles. The number of hydrogen-bond donors (Lipinski definition) is 1. The zero-order chi connectivity index (χ0) is 27.9. The molecule has 3 aromatic carbocycles. The summed E-state index contributed by atoms with van der Waals surface area (Å²) in [5.74, 6) is 0.331. The quantitative estimate of drug-likeness (QED) is 0.202. The third kappa shape index (κ3) is 6.78. The Labute approximate surface area is 235 Å². The van der Waals surface area contributed by atoms with Gasteiger partial charge in [-0.15, -0.1) is 0 Å². The Balaban J connectivity index is 1.23. The molecule has 0 amide bonds. The lowest BCUT2D eigenvalue weighted by molar-refractivity contribution is -0.157. The number of aryl methyl sites for hydroxylation is 1. The molecular formula is C33H37NO6. The number of benzene rings is 3. The number of aromatic nitrogens is 1. The van der Waals surface area contributed by atoms with Crippen molar-refractivity contribution in [2.75, 3.05) is 13.2 Å². The van der Waals surface area contributed by atoms with E-state index in [-0.39, 0.29) is 18.8 Å².